The van der Waals surface area contributed by atoms with E-state index in [4.69, 9.17) is 10.5 Å². The summed E-state index contributed by atoms with van der Waals surface area (Å²) in [5.41, 5.74) is 6.49. The first-order chi connectivity index (χ1) is 8.09. The lowest BCUT2D eigenvalue weighted by Gasteiger charge is -2.11. The van der Waals surface area contributed by atoms with Crippen molar-refractivity contribution in [1.29, 1.82) is 0 Å². The molecule has 0 aromatic carbocycles. The molecule has 0 aliphatic rings. The average molecular weight is 239 g/mol. The zero-order chi connectivity index (χ0) is 12.7. The van der Waals surface area contributed by atoms with Crippen LogP contribution in [0.2, 0.25) is 0 Å². The molecular formula is C11H21N5O. The van der Waals surface area contributed by atoms with Crippen molar-refractivity contribution in [2.75, 3.05) is 51.4 Å². The Bertz CT molecular complexity index is 343. The molecule has 0 radical (unpaired) electrons. The number of likely N-dealkylation sites (N-methyl/N-ethyl adjacent to an activating group) is 1. The SMILES string of the molecule is Cc1cnc(N)nc1NCCOCCN(C)C. The molecule has 1 aromatic rings. The molecule has 17 heavy (non-hydrogen) atoms. The number of nitrogens with two attached hydrogens (primary N) is 1. The van der Waals surface area contributed by atoms with Crippen LogP contribution in [0.25, 0.3) is 0 Å². The number of hydrogen-bond donors (Lipinski definition) is 2. The average Bonchev–Trinajstić information content (AvgIpc) is 2.27. The zero-order valence-corrected chi connectivity index (χ0v) is 10.7. The van der Waals surface area contributed by atoms with E-state index < -0.39 is 0 Å². The summed E-state index contributed by atoms with van der Waals surface area (Å²) < 4.78 is 5.46. The molecule has 1 rings (SSSR count). The lowest BCUT2D eigenvalue weighted by Crippen LogP contribution is -2.20. The predicted octanol–water partition coefficient (Wildman–Crippen LogP) is 0.357. The van der Waals surface area contributed by atoms with Gasteiger partial charge in [-0.05, 0) is 21.0 Å². The van der Waals surface area contributed by atoms with Crippen molar-refractivity contribution in [2.24, 2.45) is 0 Å². The Hall–Kier alpha value is -1.40. The van der Waals surface area contributed by atoms with Crippen molar-refractivity contribution in [1.82, 2.24) is 14.9 Å². The Morgan fingerprint density at radius 2 is 2.18 bits per heavy atom. The molecule has 0 aliphatic heterocycles. The minimum Gasteiger partial charge on any atom is -0.378 e. The number of aromatic nitrogens is 2. The third kappa shape index (κ3) is 5.46. The highest BCUT2D eigenvalue weighted by Gasteiger charge is 2.00. The Morgan fingerprint density at radius 1 is 1.41 bits per heavy atom. The number of hydrogen-bond acceptors (Lipinski definition) is 6. The van der Waals surface area contributed by atoms with E-state index in [0.29, 0.717) is 13.2 Å². The maximum atomic E-state index is 5.51. The highest BCUT2D eigenvalue weighted by molar-refractivity contribution is 5.44. The third-order valence-electron chi connectivity index (χ3n) is 2.21. The van der Waals surface area contributed by atoms with E-state index in [2.05, 4.69) is 20.2 Å². The minimum absolute atomic E-state index is 0.284. The summed E-state index contributed by atoms with van der Waals surface area (Å²) in [7, 11) is 4.04. The molecule has 6 nitrogen and oxygen atoms in total. The normalized spacial score (nSPS) is 10.8. The molecule has 0 saturated carbocycles. The summed E-state index contributed by atoms with van der Waals surface area (Å²) in [5, 5.41) is 3.17. The minimum atomic E-state index is 0.284. The van der Waals surface area contributed by atoms with E-state index >= 15 is 0 Å². The molecule has 0 unspecified atom stereocenters. The van der Waals surface area contributed by atoms with E-state index in [1.807, 2.05) is 21.0 Å². The van der Waals surface area contributed by atoms with Crippen LogP contribution in [0.4, 0.5) is 11.8 Å². The second kappa shape index (κ2) is 7.03. The molecule has 0 spiro atoms. The van der Waals surface area contributed by atoms with Crippen LogP contribution in [0, 0.1) is 6.92 Å². The fraction of sp³-hybridized carbons (Fsp3) is 0.636. The van der Waals surface area contributed by atoms with Crippen LogP contribution in [-0.4, -0.2) is 55.3 Å². The molecule has 0 aliphatic carbocycles. The Kier molecular flexibility index (Phi) is 5.65. The molecule has 6 heteroatoms. The summed E-state index contributed by atoms with van der Waals surface area (Å²) in [5.74, 6) is 1.06. The first kappa shape index (κ1) is 13.7. The van der Waals surface area contributed by atoms with E-state index in [1.54, 1.807) is 6.20 Å². The van der Waals surface area contributed by atoms with Crippen molar-refractivity contribution in [3.8, 4) is 0 Å². The van der Waals surface area contributed by atoms with Gasteiger partial charge in [-0.25, -0.2) is 4.98 Å². The Morgan fingerprint density at radius 3 is 2.88 bits per heavy atom. The van der Waals surface area contributed by atoms with Crippen molar-refractivity contribution in [3.05, 3.63) is 11.8 Å². The van der Waals surface area contributed by atoms with Crippen LogP contribution in [0.5, 0.6) is 0 Å². The lowest BCUT2D eigenvalue weighted by molar-refractivity contribution is 0.126. The molecule has 3 N–H and O–H groups in total. The summed E-state index contributed by atoms with van der Waals surface area (Å²) in [6.45, 7) is 4.97. The van der Waals surface area contributed by atoms with Gasteiger partial charge in [-0.1, -0.05) is 0 Å². The maximum absolute atomic E-state index is 5.51. The monoisotopic (exact) mass is 239 g/mol. The van der Waals surface area contributed by atoms with Gasteiger partial charge in [0.05, 0.1) is 13.2 Å². The molecule has 1 aromatic heterocycles. The largest absolute Gasteiger partial charge is 0.378 e. The van der Waals surface area contributed by atoms with Crippen molar-refractivity contribution in [3.63, 3.8) is 0 Å². The second-order valence-corrected chi connectivity index (χ2v) is 4.10. The predicted molar refractivity (Wildman–Crippen MR) is 69.0 cm³/mol. The molecule has 0 amide bonds. The van der Waals surface area contributed by atoms with E-state index in [0.717, 1.165) is 24.5 Å². The van der Waals surface area contributed by atoms with Gasteiger partial charge < -0.3 is 20.7 Å². The fourth-order valence-corrected chi connectivity index (χ4v) is 1.23. The van der Waals surface area contributed by atoms with E-state index in [9.17, 15) is 0 Å². The molecular weight excluding hydrogens is 218 g/mol. The van der Waals surface area contributed by atoms with Crippen LogP contribution < -0.4 is 11.1 Å². The number of anilines is 2. The summed E-state index contributed by atoms with van der Waals surface area (Å²) in [4.78, 5) is 10.1. The number of rotatable bonds is 7. The lowest BCUT2D eigenvalue weighted by atomic mass is 10.3. The zero-order valence-electron chi connectivity index (χ0n) is 10.7. The summed E-state index contributed by atoms with van der Waals surface area (Å²) in [6, 6.07) is 0. The highest BCUT2D eigenvalue weighted by atomic mass is 16.5. The van der Waals surface area contributed by atoms with E-state index in [1.165, 1.54) is 0 Å². The van der Waals surface area contributed by atoms with Gasteiger partial charge in [0.25, 0.3) is 0 Å². The molecule has 0 bridgehead atoms. The third-order valence-corrected chi connectivity index (χ3v) is 2.21. The topological polar surface area (TPSA) is 76.3 Å². The molecule has 0 fully saturated rings. The molecule has 1 heterocycles. The fourth-order valence-electron chi connectivity index (χ4n) is 1.23. The van der Waals surface area contributed by atoms with Gasteiger partial charge in [-0.2, -0.15) is 4.98 Å². The second-order valence-electron chi connectivity index (χ2n) is 4.10. The first-order valence-corrected chi connectivity index (χ1v) is 5.65. The molecule has 96 valence electrons. The highest BCUT2D eigenvalue weighted by Crippen LogP contribution is 2.09. The number of ether oxygens (including phenoxy) is 1. The number of aryl methyl sites for hydroxylation is 1. The number of nitrogen functional groups attached to an aromatic ring is 1. The van der Waals surface area contributed by atoms with Crippen LogP contribution in [0.3, 0.4) is 0 Å². The van der Waals surface area contributed by atoms with Gasteiger partial charge >= 0.3 is 0 Å². The molecule has 0 atom stereocenters. The van der Waals surface area contributed by atoms with Gasteiger partial charge in [-0.3, -0.25) is 0 Å². The Balaban J connectivity index is 2.20. The summed E-state index contributed by atoms with van der Waals surface area (Å²) >= 11 is 0. The van der Waals surface area contributed by atoms with Crippen molar-refractivity contribution < 1.29 is 4.74 Å². The van der Waals surface area contributed by atoms with Gasteiger partial charge in [0.1, 0.15) is 5.82 Å². The van der Waals surface area contributed by atoms with Crippen LogP contribution in [0.1, 0.15) is 5.56 Å². The number of nitrogens with zero attached hydrogens (tertiary/aromatic N) is 3. The Labute approximate surface area is 102 Å². The van der Waals surface area contributed by atoms with Crippen LogP contribution >= 0.6 is 0 Å². The molecule has 0 saturated heterocycles. The first-order valence-electron chi connectivity index (χ1n) is 5.65. The summed E-state index contributed by atoms with van der Waals surface area (Å²) in [6.07, 6.45) is 1.71. The van der Waals surface area contributed by atoms with Gasteiger partial charge in [-0.15, -0.1) is 0 Å². The van der Waals surface area contributed by atoms with E-state index in [-0.39, 0.29) is 5.95 Å². The van der Waals surface area contributed by atoms with Crippen molar-refractivity contribution in [2.45, 2.75) is 6.92 Å². The smallest absolute Gasteiger partial charge is 0.221 e. The van der Waals surface area contributed by atoms with Crippen LogP contribution in [-0.2, 0) is 4.74 Å². The van der Waals surface area contributed by atoms with Crippen molar-refractivity contribution >= 4 is 11.8 Å². The quantitative estimate of drug-likeness (QED) is 0.669. The van der Waals surface area contributed by atoms with Crippen LogP contribution in [0.15, 0.2) is 6.20 Å². The maximum Gasteiger partial charge on any atom is 0.221 e. The van der Waals surface area contributed by atoms with Gasteiger partial charge in [0.15, 0.2) is 0 Å². The number of nitrogens with one attached hydrogen (secondary N) is 1. The standard InChI is InChI=1S/C11H21N5O/c1-9-8-14-11(12)15-10(9)13-4-6-17-7-5-16(2)3/h8H,4-7H2,1-3H3,(H3,12,13,14,15). The van der Waals surface area contributed by atoms with Gasteiger partial charge in [0, 0.05) is 24.8 Å². The van der Waals surface area contributed by atoms with Gasteiger partial charge in [0.2, 0.25) is 5.95 Å².